The maximum atomic E-state index is 6.02. The minimum Gasteiger partial charge on any atom is -0.411 e. The third-order valence-electron chi connectivity index (χ3n) is 2.24. The number of rotatable bonds is 3. The summed E-state index contributed by atoms with van der Waals surface area (Å²) in [4.78, 5) is 0. The van der Waals surface area contributed by atoms with Crippen LogP contribution < -0.4 is 5.19 Å². The summed E-state index contributed by atoms with van der Waals surface area (Å²) in [5.41, 5.74) is 1.32. The van der Waals surface area contributed by atoms with E-state index >= 15 is 0 Å². The molecule has 0 aliphatic heterocycles. The maximum Gasteiger partial charge on any atom is 0.218 e. The summed E-state index contributed by atoms with van der Waals surface area (Å²) in [6.45, 7) is 10.8. The standard InChI is InChI=1S/C12H20OSi/c1-10(2)13-14(4,5)12-8-6-7-11(3)9-12/h6-10H,1-5H3. The molecule has 0 aromatic heterocycles. The van der Waals surface area contributed by atoms with E-state index in [0.717, 1.165) is 0 Å². The van der Waals surface area contributed by atoms with Crippen molar-refractivity contribution in [3.63, 3.8) is 0 Å². The van der Waals surface area contributed by atoms with Gasteiger partial charge < -0.3 is 4.43 Å². The molecule has 1 rings (SSSR count). The molecule has 0 bridgehead atoms. The van der Waals surface area contributed by atoms with Crippen molar-refractivity contribution in [1.82, 2.24) is 0 Å². The quantitative estimate of drug-likeness (QED) is 0.694. The molecule has 0 amide bonds. The number of hydrogen-bond acceptors (Lipinski definition) is 1. The zero-order valence-electron chi connectivity index (χ0n) is 9.79. The van der Waals surface area contributed by atoms with E-state index < -0.39 is 8.32 Å². The van der Waals surface area contributed by atoms with Crippen molar-refractivity contribution in [2.24, 2.45) is 0 Å². The van der Waals surface area contributed by atoms with Crippen LogP contribution in [0.5, 0.6) is 0 Å². The summed E-state index contributed by atoms with van der Waals surface area (Å²) < 4.78 is 6.02. The smallest absolute Gasteiger partial charge is 0.218 e. The molecule has 0 spiro atoms. The first-order valence-electron chi connectivity index (χ1n) is 5.17. The molecule has 0 saturated carbocycles. The van der Waals surface area contributed by atoms with Gasteiger partial charge >= 0.3 is 0 Å². The Morgan fingerprint density at radius 3 is 2.36 bits per heavy atom. The zero-order valence-corrected chi connectivity index (χ0v) is 10.8. The van der Waals surface area contributed by atoms with E-state index in [1.807, 2.05) is 0 Å². The molecule has 1 aromatic carbocycles. The van der Waals surface area contributed by atoms with Crippen LogP contribution in [0.2, 0.25) is 13.1 Å². The van der Waals surface area contributed by atoms with Crippen molar-refractivity contribution < 1.29 is 4.43 Å². The van der Waals surface area contributed by atoms with Crippen molar-refractivity contribution in [3.05, 3.63) is 29.8 Å². The highest BCUT2D eigenvalue weighted by atomic mass is 28.4. The summed E-state index contributed by atoms with van der Waals surface area (Å²) in [6, 6.07) is 8.67. The highest BCUT2D eigenvalue weighted by Gasteiger charge is 2.26. The SMILES string of the molecule is Cc1cccc([Si](C)(C)OC(C)C)c1. The van der Waals surface area contributed by atoms with Crippen molar-refractivity contribution in [1.29, 1.82) is 0 Å². The van der Waals surface area contributed by atoms with Crippen LogP contribution >= 0.6 is 0 Å². The summed E-state index contributed by atoms with van der Waals surface area (Å²) >= 11 is 0. The van der Waals surface area contributed by atoms with Gasteiger partial charge in [0, 0.05) is 6.10 Å². The normalized spacial score (nSPS) is 12.1. The van der Waals surface area contributed by atoms with E-state index in [4.69, 9.17) is 4.43 Å². The van der Waals surface area contributed by atoms with Crippen molar-refractivity contribution >= 4 is 13.5 Å². The molecule has 0 aliphatic rings. The average molecular weight is 208 g/mol. The lowest BCUT2D eigenvalue weighted by Crippen LogP contribution is -2.46. The lowest BCUT2D eigenvalue weighted by Gasteiger charge is -2.26. The average Bonchev–Trinajstić information content (AvgIpc) is 2.01. The molecule has 1 aromatic rings. The molecule has 0 fully saturated rings. The zero-order chi connectivity index (χ0) is 10.8. The molecule has 2 heteroatoms. The topological polar surface area (TPSA) is 9.23 Å². The van der Waals surface area contributed by atoms with E-state index in [2.05, 4.69) is 58.1 Å². The van der Waals surface area contributed by atoms with Crippen LogP contribution in [0.3, 0.4) is 0 Å². The second kappa shape index (κ2) is 4.28. The van der Waals surface area contributed by atoms with E-state index in [0.29, 0.717) is 6.10 Å². The Labute approximate surface area is 88.2 Å². The Bertz CT molecular complexity index is 305. The van der Waals surface area contributed by atoms with Crippen LogP contribution in [-0.2, 0) is 4.43 Å². The fraction of sp³-hybridized carbons (Fsp3) is 0.500. The van der Waals surface area contributed by atoms with Gasteiger partial charge in [-0.25, -0.2) is 0 Å². The Balaban J connectivity index is 2.91. The van der Waals surface area contributed by atoms with Gasteiger partial charge in [0.25, 0.3) is 0 Å². The van der Waals surface area contributed by atoms with Gasteiger partial charge in [-0.3, -0.25) is 0 Å². The third-order valence-corrected chi connectivity index (χ3v) is 5.01. The van der Waals surface area contributed by atoms with Crippen LogP contribution in [0.15, 0.2) is 24.3 Å². The van der Waals surface area contributed by atoms with Gasteiger partial charge in [-0.2, -0.15) is 0 Å². The highest BCUT2D eigenvalue weighted by molar-refractivity contribution is 6.84. The largest absolute Gasteiger partial charge is 0.411 e. The van der Waals surface area contributed by atoms with Gasteiger partial charge in [0.2, 0.25) is 8.32 Å². The minimum atomic E-state index is -1.67. The van der Waals surface area contributed by atoms with Gasteiger partial charge in [0.15, 0.2) is 0 Å². The summed E-state index contributed by atoms with van der Waals surface area (Å²) in [5.74, 6) is 0. The first-order chi connectivity index (χ1) is 6.42. The Morgan fingerprint density at radius 1 is 1.21 bits per heavy atom. The van der Waals surface area contributed by atoms with Gasteiger partial charge in [-0.15, -0.1) is 0 Å². The molecule has 0 N–H and O–H groups in total. The maximum absolute atomic E-state index is 6.02. The molecule has 78 valence electrons. The second-order valence-electron chi connectivity index (χ2n) is 4.55. The van der Waals surface area contributed by atoms with Crippen LogP contribution in [0, 0.1) is 6.92 Å². The lowest BCUT2D eigenvalue weighted by molar-refractivity contribution is 0.238. The molecule has 0 radical (unpaired) electrons. The third kappa shape index (κ3) is 2.96. The Hall–Kier alpha value is -0.603. The number of benzene rings is 1. The van der Waals surface area contributed by atoms with E-state index in [-0.39, 0.29) is 0 Å². The molecule has 0 unspecified atom stereocenters. The first-order valence-corrected chi connectivity index (χ1v) is 8.07. The van der Waals surface area contributed by atoms with Gasteiger partial charge in [-0.1, -0.05) is 29.8 Å². The summed E-state index contributed by atoms with van der Waals surface area (Å²) in [5, 5.41) is 1.38. The lowest BCUT2D eigenvalue weighted by atomic mass is 10.2. The molecule has 0 atom stereocenters. The summed E-state index contributed by atoms with van der Waals surface area (Å²) in [7, 11) is -1.67. The first kappa shape index (κ1) is 11.5. The van der Waals surface area contributed by atoms with Crippen molar-refractivity contribution in [3.8, 4) is 0 Å². The monoisotopic (exact) mass is 208 g/mol. The fourth-order valence-electron chi connectivity index (χ4n) is 1.68. The number of aryl methyl sites for hydroxylation is 1. The van der Waals surface area contributed by atoms with Crippen LogP contribution in [0.25, 0.3) is 0 Å². The van der Waals surface area contributed by atoms with E-state index in [9.17, 15) is 0 Å². The van der Waals surface area contributed by atoms with Gasteiger partial charge in [-0.05, 0) is 39.1 Å². The van der Waals surface area contributed by atoms with Gasteiger partial charge in [0.05, 0.1) is 0 Å². The van der Waals surface area contributed by atoms with Crippen LogP contribution in [0.1, 0.15) is 19.4 Å². The second-order valence-corrected chi connectivity index (χ2v) is 8.38. The summed E-state index contributed by atoms with van der Waals surface area (Å²) in [6.07, 6.45) is 0.317. The molecule has 14 heavy (non-hydrogen) atoms. The predicted octanol–water partition coefficient (Wildman–Crippen LogP) is 2.83. The highest BCUT2D eigenvalue weighted by Crippen LogP contribution is 2.09. The molecular weight excluding hydrogens is 188 g/mol. The van der Waals surface area contributed by atoms with Gasteiger partial charge in [0.1, 0.15) is 0 Å². The van der Waals surface area contributed by atoms with E-state index in [1.165, 1.54) is 10.8 Å². The molecule has 0 aliphatic carbocycles. The minimum absolute atomic E-state index is 0.317. The van der Waals surface area contributed by atoms with Crippen molar-refractivity contribution in [2.75, 3.05) is 0 Å². The Morgan fingerprint density at radius 2 is 1.86 bits per heavy atom. The molecule has 0 saturated heterocycles. The molecule has 1 nitrogen and oxygen atoms in total. The predicted molar refractivity (Wildman–Crippen MR) is 64.5 cm³/mol. The fourth-order valence-corrected chi connectivity index (χ4v) is 4.06. The van der Waals surface area contributed by atoms with Crippen LogP contribution in [-0.4, -0.2) is 14.4 Å². The molecule has 0 heterocycles. The molecular formula is C12H20OSi. The van der Waals surface area contributed by atoms with Crippen molar-refractivity contribution in [2.45, 2.75) is 40.0 Å². The Kier molecular flexibility index (Phi) is 3.51. The van der Waals surface area contributed by atoms with E-state index in [1.54, 1.807) is 0 Å². The number of hydrogen-bond donors (Lipinski definition) is 0. The van der Waals surface area contributed by atoms with Crippen LogP contribution in [0.4, 0.5) is 0 Å².